The number of aliphatic imine (C=N–C) groups is 2. The number of aryl methyl sites for hydroxylation is 2. The summed E-state index contributed by atoms with van der Waals surface area (Å²) in [4.78, 5) is 114. The van der Waals surface area contributed by atoms with Gasteiger partial charge in [0.1, 0.15) is 62.2 Å². The van der Waals surface area contributed by atoms with Crippen molar-refractivity contribution in [1.29, 1.82) is 0 Å². The Morgan fingerprint density at radius 1 is 0.632 bits per heavy atom. The number of hydrogen-bond donors (Lipinski definition) is 6. The van der Waals surface area contributed by atoms with Crippen molar-refractivity contribution in [3.63, 3.8) is 0 Å². The largest absolute Gasteiger partial charge is 0.501 e. The number of hydrogen-bond acceptors (Lipinski definition) is 30. The van der Waals surface area contributed by atoms with E-state index in [1.54, 1.807) is 77.5 Å². The number of quaternary nitrogens is 1. The summed E-state index contributed by atoms with van der Waals surface area (Å²) in [5.74, 6) is -3.70. The Kier molecular flexibility index (Phi) is 27.0. The van der Waals surface area contributed by atoms with Crippen LogP contribution in [0.5, 0.6) is 40.2 Å². The van der Waals surface area contributed by atoms with Crippen molar-refractivity contribution in [2.75, 3.05) is 68.4 Å². The fourth-order valence-electron chi connectivity index (χ4n) is 15.2. The number of imidazole rings is 2. The Hall–Kier alpha value is -13.1. The van der Waals surface area contributed by atoms with Gasteiger partial charge in [-0.25, -0.2) is 19.4 Å². The maximum Gasteiger partial charge on any atom is 0.501 e. The van der Waals surface area contributed by atoms with Crippen LogP contribution < -0.4 is 43.1 Å². The van der Waals surface area contributed by atoms with Crippen molar-refractivity contribution < 1.29 is 118 Å². The molecule has 0 spiro atoms. The number of nitrogens with one attached hydrogen (secondary N) is 1. The highest BCUT2D eigenvalue weighted by Gasteiger charge is 2.46. The minimum Gasteiger partial charge on any atom is -0.493 e. The summed E-state index contributed by atoms with van der Waals surface area (Å²) in [6.07, 6.45) is 2.93. The molecule has 1 fully saturated rings. The normalized spacial score (nSPS) is 18.3. The van der Waals surface area contributed by atoms with Crippen molar-refractivity contribution in [2.24, 2.45) is 29.8 Å². The van der Waals surface area contributed by atoms with Crippen LogP contribution in [0.25, 0.3) is 0 Å². The van der Waals surface area contributed by atoms with Crippen molar-refractivity contribution in [3.8, 4) is 40.2 Å². The SMILES string of the molecule is COC(=O)c1cc(C(=O)/C=C/C(N)=O)cc(C(=O)NCCOCc2cn(CCOCCCC(=O)c3ccc(OC4O[C@H](CO)[C@H](O)[C@H](O)[C@@H]4O)c(OS(=O)(=O)Oc4ccc(C[N+](C)(C)Cc5cc(COc6cc7c(cc6OC)C(=O)N6Cc8ncn(C)c8C[C@H]6C=N7)cc(COc6cc7c(cc6OC)C(=O)N6Cc8ncn(C)c8C[C@@H]6C=N7)c5)cc4)c3)nn2)c1. The number of Topliss-reactive ketones (excluding diaryl/α,β-unsaturated/α-hetero) is 1. The van der Waals surface area contributed by atoms with E-state index in [4.69, 9.17) is 66.7 Å². The number of rotatable bonds is 37. The van der Waals surface area contributed by atoms with Gasteiger partial charge in [0, 0.05) is 116 Å². The number of esters is 1. The first-order valence-electron chi connectivity index (χ1n) is 39.8. The van der Waals surface area contributed by atoms with Gasteiger partial charge in [-0.05, 0) is 115 Å². The van der Waals surface area contributed by atoms with E-state index in [0.717, 1.165) is 70.4 Å². The lowest BCUT2D eigenvalue weighted by Gasteiger charge is -2.39. The summed E-state index contributed by atoms with van der Waals surface area (Å²) < 4.78 is 97.4. The molecule has 0 bridgehead atoms. The average molecular weight is 1740 g/mol. The first kappa shape index (κ1) is 88.2. The van der Waals surface area contributed by atoms with Gasteiger partial charge in [0.2, 0.25) is 12.2 Å². The van der Waals surface area contributed by atoms with Gasteiger partial charge in [-0.2, -0.15) is 0 Å². The van der Waals surface area contributed by atoms with Gasteiger partial charge >= 0.3 is 16.4 Å². The lowest BCUT2D eigenvalue weighted by molar-refractivity contribution is -0.916. The van der Waals surface area contributed by atoms with Crippen LogP contribution in [-0.4, -0.2) is 242 Å². The number of amides is 4. The average Bonchev–Trinajstić information content (AvgIpc) is 1.66. The number of ketones is 2. The molecule has 125 heavy (non-hydrogen) atoms. The first-order valence-corrected chi connectivity index (χ1v) is 41.1. The second-order valence-electron chi connectivity index (χ2n) is 31.0. The third-order valence-corrected chi connectivity index (χ3v) is 22.3. The minimum atomic E-state index is -5.10. The molecule has 7 N–H and O–H groups in total. The molecule has 0 radical (unpaired) electrons. The number of carbonyl (C=O) groups excluding carboxylic acids is 7. The Morgan fingerprint density at radius 2 is 1.23 bits per heavy atom. The molecule has 0 saturated carbocycles. The molecule has 38 nitrogen and oxygen atoms in total. The number of ether oxygens (including phenoxy) is 9. The Bertz CT molecular complexity index is 5640. The summed E-state index contributed by atoms with van der Waals surface area (Å²) in [7, 11) is 6.94. The fraction of sp³-hybridized carbons (Fsp3) is 0.360. The zero-order chi connectivity index (χ0) is 88.5. The zero-order valence-corrected chi connectivity index (χ0v) is 70.0. The summed E-state index contributed by atoms with van der Waals surface area (Å²) in [5.41, 5.74) is 13.8. The lowest BCUT2D eigenvalue weighted by Crippen LogP contribution is -2.60. The van der Waals surface area contributed by atoms with Crippen molar-refractivity contribution in [3.05, 3.63) is 218 Å². The highest BCUT2D eigenvalue weighted by Crippen LogP contribution is 2.42. The van der Waals surface area contributed by atoms with Crippen LogP contribution in [0.1, 0.15) is 126 Å². The van der Waals surface area contributed by atoms with Gasteiger partial charge in [-0.3, -0.25) is 38.8 Å². The highest BCUT2D eigenvalue weighted by molar-refractivity contribution is 7.82. The van der Waals surface area contributed by atoms with Crippen LogP contribution in [0.2, 0.25) is 0 Å². The van der Waals surface area contributed by atoms with Crippen LogP contribution in [0, 0.1) is 0 Å². The molecule has 4 amide bonds. The van der Waals surface area contributed by atoms with Gasteiger partial charge in [-0.15, -0.1) is 13.5 Å². The van der Waals surface area contributed by atoms with Crippen LogP contribution in [0.3, 0.4) is 0 Å². The third kappa shape index (κ3) is 20.9. The molecule has 6 aromatic carbocycles. The Morgan fingerprint density at radius 3 is 1.83 bits per heavy atom. The molecule has 14 rings (SSSR count). The van der Waals surface area contributed by atoms with Gasteiger partial charge in [0.15, 0.2) is 46.1 Å². The van der Waals surface area contributed by atoms with E-state index >= 15 is 0 Å². The number of carbonyl (C=O) groups is 7. The Balaban J connectivity index is 0.613. The van der Waals surface area contributed by atoms with Gasteiger partial charge in [0.05, 0.1) is 152 Å². The van der Waals surface area contributed by atoms with E-state index < -0.39 is 88.6 Å². The topological polar surface area (TPSA) is 472 Å². The molecule has 9 aromatic rings. The summed E-state index contributed by atoms with van der Waals surface area (Å²) in [5, 5.41) is 52.8. The summed E-state index contributed by atoms with van der Waals surface area (Å²) >= 11 is 0. The predicted octanol–water partition coefficient (Wildman–Crippen LogP) is 4.78. The van der Waals surface area contributed by atoms with E-state index in [9.17, 15) is 62.4 Å². The van der Waals surface area contributed by atoms with Crippen LogP contribution in [0.4, 0.5) is 11.4 Å². The first-order chi connectivity index (χ1) is 60.0. The van der Waals surface area contributed by atoms with Crippen molar-refractivity contribution in [1.82, 2.24) is 49.2 Å². The molecular weight excluding hydrogens is 1650 g/mol. The molecule has 5 aliphatic rings. The second-order valence-corrected chi connectivity index (χ2v) is 32.1. The number of methoxy groups -OCH3 is 3. The number of nitrogens with zero attached hydrogens (tertiary/aromatic N) is 12. The molecule has 1 saturated heterocycles. The van der Waals surface area contributed by atoms with E-state index in [-0.39, 0.29) is 117 Å². The number of primary amides is 1. The molecule has 7 atom stereocenters. The fourth-order valence-corrected chi connectivity index (χ4v) is 15.9. The zero-order valence-electron chi connectivity index (χ0n) is 69.2. The number of aliphatic hydroxyl groups excluding tert-OH is 4. The van der Waals surface area contributed by atoms with Crippen molar-refractivity contribution in [2.45, 2.75) is 121 Å². The van der Waals surface area contributed by atoms with E-state index in [0.29, 0.717) is 94.7 Å². The molecule has 0 aliphatic carbocycles. The lowest BCUT2D eigenvalue weighted by atomic mass is 9.99. The quantitative estimate of drug-likeness (QED) is 0.0100. The molecule has 656 valence electrons. The smallest absolute Gasteiger partial charge is 0.493 e. The van der Waals surface area contributed by atoms with Crippen molar-refractivity contribution >= 4 is 75.4 Å². The Labute approximate surface area is 716 Å². The molecule has 39 heteroatoms. The minimum absolute atomic E-state index is 0.0219. The van der Waals surface area contributed by atoms with E-state index in [2.05, 4.69) is 25.6 Å². The monoisotopic (exact) mass is 1740 g/mol. The number of nitrogens with two attached hydrogens (primary N) is 1. The molecule has 1 unspecified atom stereocenters. The van der Waals surface area contributed by atoms with Gasteiger partial charge < -0.3 is 106 Å². The molecule has 3 aromatic heterocycles. The molecule has 8 heterocycles. The van der Waals surface area contributed by atoms with Gasteiger partial charge in [0.25, 0.3) is 17.7 Å². The van der Waals surface area contributed by atoms with E-state index in [1.165, 1.54) is 61.4 Å². The summed E-state index contributed by atoms with van der Waals surface area (Å²) in [6.45, 7) is 1.35. The number of fused-ring (bicyclic) bond motifs is 6. The maximum atomic E-state index is 14.3. The standard InChI is InChI=1S/C86H92N14O24S/c1-95-47-91-65-39-98-58(30-67(65)95)36-89-63-34-74(72(114-5)32-61(63)83(98)109)119-44-51-23-50(24-52(25-51)45-120-75-35-64-62(33-73(75)115-6)84(110)99-40-66-68(96(2)48-92-66)31-59(99)37-90-64)42-100(3,4)41-49-10-13-60(14-11-49)123-125(112,113)124-76-29-53(12-16-71(76)121-86-81(107)80(106)79(105)77(43-101)122-86)69(102)9-8-20-117-22-19-97-38-57(93-94-97)46-118-21-18-88-82(108)55-26-54(70(103)15-17-78(87)104)27-56(28-55)85(111)116-7/h10-17,23-29,32-38,47-48,58-59,77,79-81,86,101,105-107H,8-9,18-22,30-31,39-46H2,1-7H3,(H2-,87,88,104,108)/p+1/b17-15+/t58-,59+,77-,79+,80+,81+,86?/m1/s1. The van der Waals surface area contributed by atoms with Crippen LogP contribution >= 0.6 is 0 Å². The number of aromatic nitrogens is 7. The molecule has 5 aliphatic heterocycles. The second kappa shape index (κ2) is 38.3. The number of aliphatic hydroxyl groups is 4. The third-order valence-electron chi connectivity index (χ3n) is 21.5. The maximum absolute atomic E-state index is 14.3. The van der Waals surface area contributed by atoms with E-state index in [1.807, 2.05) is 55.5 Å². The van der Waals surface area contributed by atoms with Gasteiger partial charge in [-0.1, -0.05) is 5.21 Å². The summed E-state index contributed by atoms with van der Waals surface area (Å²) in [6, 6.07) is 25.6. The molecular formula is C86H93N14O24S+. The van der Waals surface area contributed by atoms with Crippen LogP contribution in [-0.2, 0) is 114 Å². The highest BCUT2D eigenvalue weighted by atomic mass is 32.3. The number of benzene rings is 6. The predicted molar refractivity (Wildman–Crippen MR) is 442 cm³/mol. The number of allylic oxidation sites excluding steroid dienone is 1. The van der Waals surface area contributed by atoms with Crippen LogP contribution in [0.15, 0.2) is 144 Å².